The summed E-state index contributed by atoms with van der Waals surface area (Å²) < 4.78 is 0. The third kappa shape index (κ3) is 2.19. The molecule has 0 unspecified atom stereocenters. The van der Waals surface area contributed by atoms with Gasteiger partial charge in [-0.15, -0.1) is 11.6 Å². The van der Waals surface area contributed by atoms with Crippen LogP contribution in [0.3, 0.4) is 0 Å². The SMILES string of the molecule is [CH2-]c1ccc(C)c(C)c1.[W]. The second-order valence-electron chi connectivity index (χ2n) is 2.42. The van der Waals surface area contributed by atoms with Gasteiger partial charge in [0.2, 0.25) is 0 Å². The summed E-state index contributed by atoms with van der Waals surface area (Å²) >= 11 is 0. The molecule has 0 amide bonds. The molecule has 0 radical (unpaired) electrons. The molecule has 0 bridgehead atoms. The minimum atomic E-state index is 0. The number of benzene rings is 1. The van der Waals surface area contributed by atoms with Crippen molar-refractivity contribution in [2.24, 2.45) is 0 Å². The molecule has 0 atom stereocenters. The van der Waals surface area contributed by atoms with Crippen molar-refractivity contribution in [2.75, 3.05) is 0 Å². The van der Waals surface area contributed by atoms with Crippen molar-refractivity contribution < 1.29 is 21.1 Å². The van der Waals surface area contributed by atoms with Crippen LogP contribution in [-0.2, 0) is 21.1 Å². The third-order valence-corrected chi connectivity index (χ3v) is 1.57. The molecule has 0 spiro atoms. The molecule has 0 saturated carbocycles. The Morgan fingerprint density at radius 3 is 2.10 bits per heavy atom. The number of hydrogen-bond donors (Lipinski definition) is 0. The maximum atomic E-state index is 3.82. The molecule has 0 aromatic heterocycles. The monoisotopic (exact) mass is 303 g/mol. The molecule has 0 saturated heterocycles. The van der Waals surface area contributed by atoms with Crippen molar-refractivity contribution in [2.45, 2.75) is 13.8 Å². The topological polar surface area (TPSA) is 0 Å². The van der Waals surface area contributed by atoms with E-state index in [0.29, 0.717) is 0 Å². The molecule has 0 N–H and O–H groups in total. The first-order valence-corrected chi connectivity index (χ1v) is 3.09. The average Bonchev–Trinajstić information content (AvgIpc) is 1.80. The van der Waals surface area contributed by atoms with Gasteiger partial charge in [0.25, 0.3) is 0 Å². The van der Waals surface area contributed by atoms with Crippen LogP contribution in [0.5, 0.6) is 0 Å². The van der Waals surface area contributed by atoms with Crippen LogP contribution in [0.4, 0.5) is 0 Å². The van der Waals surface area contributed by atoms with Gasteiger partial charge in [-0.1, -0.05) is 12.5 Å². The van der Waals surface area contributed by atoms with Crippen LogP contribution in [0.15, 0.2) is 18.2 Å². The molecule has 1 rings (SSSR count). The van der Waals surface area contributed by atoms with Crippen LogP contribution < -0.4 is 0 Å². The van der Waals surface area contributed by atoms with Gasteiger partial charge in [-0.25, -0.2) is 0 Å². The molecular formula is C9H11W-. The molecule has 1 aromatic rings. The average molecular weight is 303 g/mol. The minimum absolute atomic E-state index is 0. The Morgan fingerprint density at radius 1 is 1.10 bits per heavy atom. The molecule has 0 aliphatic heterocycles. The fourth-order valence-corrected chi connectivity index (χ4v) is 0.804. The summed E-state index contributed by atoms with van der Waals surface area (Å²) in [6.07, 6.45) is 0. The summed E-state index contributed by atoms with van der Waals surface area (Å²) in [6, 6.07) is 6.22. The maximum Gasteiger partial charge on any atom is 0 e. The zero-order chi connectivity index (χ0) is 6.85. The Hall–Kier alpha value is -0.222. The number of aryl methyl sites for hydroxylation is 2. The van der Waals surface area contributed by atoms with Gasteiger partial charge in [0.15, 0.2) is 0 Å². The quantitative estimate of drug-likeness (QED) is 0.646. The summed E-state index contributed by atoms with van der Waals surface area (Å²) in [5.74, 6) is 0. The fraction of sp³-hybridized carbons (Fsp3) is 0.222. The van der Waals surface area contributed by atoms with E-state index >= 15 is 0 Å². The maximum absolute atomic E-state index is 3.82. The minimum Gasteiger partial charge on any atom is -0.199 e. The van der Waals surface area contributed by atoms with Gasteiger partial charge in [-0.05, 0) is 6.92 Å². The zero-order valence-electron chi connectivity index (χ0n) is 6.35. The summed E-state index contributed by atoms with van der Waals surface area (Å²) in [4.78, 5) is 0. The van der Waals surface area contributed by atoms with Gasteiger partial charge in [0, 0.05) is 21.1 Å². The Bertz CT molecular complexity index is 216. The Morgan fingerprint density at radius 2 is 1.70 bits per heavy atom. The second kappa shape index (κ2) is 3.83. The van der Waals surface area contributed by atoms with E-state index in [-0.39, 0.29) is 21.1 Å². The molecule has 1 heteroatoms. The first-order chi connectivity index (χ1) is 4.20. The fourth-order valence-electron chi connectivity index (χ4n) is 0.804. The van der Waals surface area contributed by atoms with Gasteiger partial charge in [-0.2, -0.15) is 24.6 Å². The molecule has 0 fully saturated rings. The van der Waals surface area contributed by atoms with E-state index in [1.165, 1.54) is 11.1 Å². The molecule has 0 heterocycles. The summed E-state index contributed by atoms with van der Waals surface area (Å²) in [5.41, 5.74) is 3.75. The van der Waals surface area contributed by atoms with E-state index in [9.17, 15) is 0 Å². The Balaban J connectivity index is 0.000000810. The smallest absolute Gasteiger partial charge is 0 e. The van der Waals surface area contributed by atoms with E-state index in [1.807, 2.05) is 6.07 Å². The van der Waals surface area contributed by atoms with Crippen LogP contribution in [0, 0.1) is 20.8 Å². The molecule has 0 aliphatic rings. The van der Waals surface area contributed by atoms with Crippen molar-refractivity contribution in [3.05, 3.63) is 41.8 Å². The van der Waals surface area contributed by atoms with Gasteiger partial charge in [0.1, 0.15) is 0 Å². The molecule has 10 heavy (non-hydrogen) atoms. The first kappa shape index (κ1) is 9.78. The van der Waals surface area contributed by atoms with Crippen LogP contribution in [-0.4, -0.2) is 0 Å². The van der Waals surface area contributed by atoms with Crippen molar-refractivity contribution >= 4 is 0 Å². The molecule has 0 aliphatic carbocycles. The van der Waals surface area contributed by atoms with Crippen molar-refractivity contribution in [1.82, 2.24) is 0 Å². The van der Waals surface area contributed by atoms with Crippen molar-refractivity contribution in [3.8, 4) is 0 Å². The molecule has 0 nitrogen and oxygen atoms in total. The van der Waals surface area contributed by atoms with E-state index < -0.39 is 0 Å². The Kier molecular flexibility index (Phi) is 3.74. The first-order valence-electron chi connectivity index (χ1n) is 3.09. The van der Waals surface area contributed by atoms with E-state index in [2.05, 4.69) is 32.9 Å². The van der Waals surface area contributed by atoms with Crippen molar-refractivity contribution in [1.29, 1.82) is 0 Å². The summed E-state index contributed by atoms with van der Waals surface area (Å²) in [6.45, 7) is 8.03. The molecule has 54 valence electrons. The van der Waals surface area contributed by atoms with Gasteiger partial charge in [-0.3, -0.25) is 0 Å². The van der Waals surface area contributed by atoms with Gasteiger partial charge in [0.05, 0.1) is 0 Å². The van der Waals surface area contributed by atoms with E-state index in [0.717, 1.165) is 5.56 Å². The second-order valence-corrected chi connectivity index (χ2v) is 2.42. The standard InChI is InChI=1S/C9H11.W/c1-7-4-5-8(2)9(3)6-7;/h4-6H,1H2,2-3H3;/q-1;. The van der Waals surface area contributed by atoms with Crippen LogP contribution in [0.25, 0.3) is 0 Å². The number of rotatable bonds is 0. The number of hydrogen-bond acceptors (Lipinski definition) is 0. The van der Waals surface area contributed by atoms with Gasteiger partial charge >= 0.3 is 0 Å². The third-order valence-electron chi connectivity index (χ3n) is 1.57. The zero-order valence-corrected chi connectivity index (χ0v) is 9.28. The summed E-state index contributed by atoms with van der Waals surface area (Å²) in [7, 11) is 0. The van der Waals surface area contributed by atoms with E-state index in [4.69, 9.17) is 0 Å². The van der Waals surface area contributed by atoms with Crippen LogP contribution in [0.1, 0.15) is 16.7 Å². The van der Waals surface area contributed by atoms with Crippen molar-refractivity contribution in [3.63, 3.8) is 0 Å². The van der Waals surface area contributed by atoms with Crippen LogP contribution in [0.2, 0.25) is 0 Å². The normalized spacial score (nSPS) is 8.60. The largest absolute Gasteiger partial charge is 0.199 e. The molecular weight excluding hydrogens is 292 g/mol. The van der Waals surface area contributed by atoms with Crippen LogP contribution >= 0.6 is 0 Å². The summed E-state index contributed by atoms with van der Waals surface area (Å²) in [5, 5.41) is 0. The Labute approximate surface area is 76.9 Å². The predicted molar refractivity (Wildman–Crippen MR) is 40.4 cm³/mol. The predicted octanol–water partition coefficient (Wildman–Crippen LogP) is 2.48. The molecule has 1 aromatic carbocycles. The van der Waals surface area contributed by atoms with Gasteiger partial charge < -0.3 is 0 Å². The van der Waals surface area contributed by atoms with E-state index in [1.54, 1.807) is 0 Å².